The van der Waals surface area contributed by atoms with E-state index in [4.69, 9.17) is 24.4 Å². The number of aromatic nitrogens is 5. The van der Waals surface area contributed by atoms with Crippen LogP contribution < -0.4 is 26.1 Å². The molecule has 14 heteroatoms. The number of pyridine rings is 1. The maximum absolute atomic E-state index is 12.9. The highest BCUT2D eigenvalue weighted by Gasteiger charge is 2.23. The molecule has 0 saturated heterocycles. The Balaban J connectivity index is 1.65. The summed E-state index contributed by atoms with van der Waals surface area (Å²) < 4.78 is 22.7. The molecule has 0 aliphatic carbocycles. The van der Waals surface area contributed by atoms with Gasteiger partial charge in [0.1, 0.15) is 17.3 Å². The van der Waals surface area contributed by atoms with Crippen LogP contribution in [0.2, 0.25) is 0 Å². The van der Waals surface area contributed by atoms with Gasteiger partial charge >= 0.3 is 5.63 Å². The molecule has 0 aliphatic heterocycles. The molecule has 182 valence electrons. The smallest absolute Gasteiger partial charge is 0.379 e. The topological polar surface area (TPSA) is 170 Å². The van der Waals surface area contributed by atoms with Crippen LogP contribution in [0.3, 0.4) is 0 Å². The zero-order chi connectivity index (χ0) is 24.8. The van der Waals surface area contributed by atoms with Gasteiger partial charge in [0.25, 0.3) is 5.91 Å². The number of carbonyl (C=O) groups is 1. The largest absolute Gasteiger partial charge is 0.494 e. The molecule has 35 heavy (non-hydrogen) atoms. The van der Waals surface area contributed by atoms with E-state index in [0.29, 0.717) is 35.4 Å². The molecule has 0 bridgehead atoms. The Morgan fingerprint density at radius 3 is 2.83 bits per heavy atom. The van der Waals surface area contributed by atoms with Crippen molar-refractivity contribution >= 4 is 28.2 Å². The molecule has 0 radical (unpaired) electrons. The number of methoxy groups -OCH3 is 2. The van der Waals surface area contributed by atoms with E-state index < -0.39 is 11.5 Å². The van der Waals surface area contributed by atoms with Gasteiger partial charge in [-0.1, -0.05) is 11.3 Å². The fourth-order valence-corrected chi connectivity index (χ4v) is 3.74. The zero-order valence-electron chi connectivity index (χ0n) is 18.8. The molecule has 0 unspecified atom stereocenters. The number of nitrogens with zero attached hydrogens (tertiary/aromatic N) is 5. The molecule has 0 saturated carbocycles. The van der Waals surface area contributed by atoms with Gasteiger partial charge in [-0.2, -0.15) is 9.78 Å². The monoisotopic (exact) mass is 499 g/mol. The van der Waals surface area contributed by atoms with Gasteiger partial charge in [0.05, 0.1) is 25.5 Å². The molecule has 0 aromatic carbocycles. The number of rotatable bonds is 10. The number of nitrogens with one attached hydrogen (secondary N) is 1. The summed E-state index contributed by atoms with van der Waals surface area (Å²) in [6, 6.07) is 6.32. The van der Waals surface area contributed by atoms with Crippen molar-refractivity contribution < 1.29 is 23.4 Å². The van der Waals surface area contributed by atoms with Crippen molar-refractivity contribution in [2.24, 2.45) is 0 Å². The van der Waals surface area contributed by atoms with E-state index in [1.54, 1.807) is 25.3 Å². The summed E-state index contributed by atoms with van der Waals surface area (Å²) in [5.74, 6) is -0.350. The third-order valence-corrected chi connectivity index (χ3v) is 5.42. The van der Waals surface area contributed by atoms with Crippen molar-refractivity contribution in [1.82, 2.24) is 25.0 Å². The summed E-state index contributed by atoms with van der Waals surface area (Å²) in [7, 11) is 3.04. The van der Waals surface area contributed by atoms with Gasteiger partial charge in [0.15, 0.2) is 5.76 Å². The van der Waals surface area contributed by atoms with Gasteiger partial charge in [-0.3, -0.25) is 15.1 Å². The molecule has 13 nitrogen and oxygen atoms in total. The summed E-state index contributed by atoms with van der Waals surface area (Å²) in [6.07, 6.45) is 3.58. The lowest BCUT2D eigenvalue weighted by Crippen LogP contribution is -2.17. The van der Waals surface area contributed by atoms with E-state index in [0.717, 1.165) is 11.3 Å². The lowest BCUT2D eigenvalue weighted by Gasteiger charge is -2.13. The van der Waals surface area contributed by atoms with Crippen LogP contribution in [-0.4, -0.2) is 58.3 Å². The molecule has 1 amide bonds. The van der Waals surface area contributed by atoms with Crippen molar-refractivity contribution in [2.75, 3.05) is 38.5 Å². The van der Waals surface area contributed by atoms with Crippen LogP contribution in [0, 0.1) is 0 Å². The quantitative estimate of drug-likeness (QED) is 0.306. The van der Waals surface area contributed by atoms with Gasteiger partial charge in [-0.15, -0.1) is 10.2 Å². The van der Waals surface area contributed by atoms with Gasteiger partial charge in [-0.05, 0) is 12.1 Å². The normalized spacial score (nSPS) is 10.8. The van der Waals surface area contributed by atoms with Crippen LogP contribution in [0.15, 0.2) is 45.9 Å². The van der Waals surface area contributed by atoms with Crippen LogP contribution >= 0.6 is 11.3 Å². The van der Waals surface area contributed by atoms with E-state index in [1.165, 1.54) is 30.3 Å². The molecule has 0 fully saturated rings. The lowest BCUT2D eigenvalue weighted by atomic mass is 10.1. The van der Waals surface area contributed by atoms with Crippen LogP contribution in [0.25, 0.3) is 16.4 Å². The molecular formula is C21H21N7O6S. The number of nitrogen functional groups attached to an aromatic ring is 1. The Bertz CT molecular complexity index is 1380. The highest BCUT2D eigenvalue weighted by molar-refractivity contribution is 7.17. The minimum Gasteiger partial charge on any atom is -0.494 e. The van der Waals surface area contributed by atoms with Crippen molar-refractivity contribution in [1.29, 1.82) is 0 Å². The van der Waals surface area contributed by atoms with Crippen LogP contribution in [0.1, 0.15) is 17.0 Å². The Kier molecular flexibility index (Phi) is 7.32. The summed E-state index contributed by atoms with van der Waals surface area (Å²) in [5, 5.41) is 15.0. The van der Waals surface area contributed by atoms with Gasteiger partial charge in [0.2, 0.25) is 16.0 Å². The first-order chi connectivity index (χ1) is 17.0. The third-order valence-electron chi connectivity index (χ3n) is 4.60. The number of hydrogen-bond donors (Lipinski definition) is 2. The number of nitrogens with two attached hydrogens (primary N) is 1. The Morgan fingerprint density at radius 2 is 2.09 bits per heavy atom. The van der Waals surface area contributed by atoms with Crippen LogP contribution in [0.4, 0.5) is 10.9 Å². The number of carbonyl (C=O) groups excluding carboxylic acids is 1. The second-order valence-corrected chi connectivity index (χ2v) is 7.86. The third kappa shape index (κ3) is 5.28. The van der Waals surface area contributed by atoms with Gasteiger partial charge < -0.3 is 24.4 Å². The highest BCUT2D eigenvalue weighted by Crippen LogP contribution is 2.33. The lowest BCUT2D eigenvalue weighted by molar-refractivity contribution is 0.0991. The van der Waals surface area contributed by atoms with Crippen LogP contribution in [-0.2, 0) is 4.74 Å². The van der Waals surface area contributed by atoms with E-state index in [1.807, 2.05) is 0 Å². The second-order valence-electron chi connectivity index (χ2n) is 6.90. The number of anilines is 2. The minimum absolute atomic E-state index is 0.0954. The predicted molar refractivity (Wildman–Crippen MR) is 126 cm³/mol. The molecular weight excluding hydrogens is 478 g/mol. The second kappa shape index (κ2) is 10.8. The standard InChI is InChI=1S/C21H21N7O6S/c1-31-9-4-10-33-17-12(16-13(32-2)5-3-7-23-16)11-14(34-19(17)30)18(29)25-20-26-27-21(35-20)28-15(22)6-8-24-28/h3,5-8,11H,4,9-10,22H2,1-2H3,(H,25,26,29). The van der Waals surface area contributed by atoms with Crippen LogP contribution in [0.5, 0.6) is 11.5 Å². The number of hydrogen-bond acceptors (Lipinski definition) is 12. The fourth-order valence-electron chi connectivity index (χ4n) is 3.03. The van der Waals surface area contributed by atoms with E-state index in [-0.39, 0.29) is 28.8 Å². The Morgan fingerprint density at radius 1 is 1.23 bits per heavy atom. The highest BCUT2D eigenvalue weighted by atomic mass is 32.1. The van der Waals surface area contributed by atoms with E-state index >= 15 is 0 Å². The molecule has 4 rings (SSSR count). The maximum atomic E-state index is 12.9. The average molecular weight is 500 g/mol. The number of ether oxygens (including phenoxy) is 3. The minimum atomic E-state index is -0.847. The summed E-state index contributed by atoms with van der Waals surface area (Å²) in [4.78, 5) is 30.1. The molecule has 0 aliphatic rings. The van der Waals surface area contributed by atoms with Gasteiger partial charge in [0, 0.05) is 38.5 Å². The zero-order valence-corrected chi connectivity index (χ0v) is 19.6. The first kappa shape index (κ1) is 23.8. The molecule has 4 heterocycles. The molecule has 0 atom stereocenters. The molecule has 3 N–H and O–H groups in total. The summed E-state index contributed by atoms with van der Waals surface area (Å²) in [6.45, 7) is 0.637. The predicted octanol–water partition coefficient (Wildman–Crippen LogP) is 2.00. The van der Waals surface area contributed by atoms with Gasteiger partial charge in [-0.25, -0.2) is 4.79 Å². The summed E-state index contributed by atoms with van der Waals surface area (Å²) in [5.41, 5.74) is 5.52. The first-order valence-corrected chi connectivity index (χ1v) is 11.1. The maximum Gasteiger partial charge on any atom is 0.379 e. The van der Waals surface area contributed by atoms with E-state index in [9.17, 15) is 9.59 Å². The van der Waals surface area contributed by atoms with Crippen molar-refractivity contribution in [3.8, 4) is 27.9 Å². The van der Waals surface area contributed by atoms with E-state index in [2.05, 4.69) is 25.6 Å². The molecule has 4 aromatic rings. The summed E-state index contributed by atoms with van der Waals surface area (Å²) >= 11 is 1.04. The van der Waals surface area contributed by atoms with Crippen molar-refractivity contribution in [3.05, 3.63) is 52.8 Å². The van der Waals surface area contributed by atoms with Crippen molar-refractivity contribution in [2.45, 2.75) is 6.42 Å². The first-order valence-electron chi connectivity index (χ1n) is 10.3. The van der Waals surface area contributed by atoms with Crippen molar-refractivity contribution in [3.63, 3.8) is 0 Å². The molecule has 0 spiro atoms. The SMILES string of the molecule is COCCCOc1c(-c2ncccc2OC)cc(C(=O)Nc2nnc(-n3nccc3N)s2)oc1=O. The molecule has 4 aromatic heterocycles. The Labute approximate surface area is 202 Å². The Hall–Kier alpha value is -4.30. The average Bonchev–Trinajstić information content (AvgIpc) is 3.50. The fraction of sp³-hybridized carbons (Fsp3) is 0.238. The number of amides is 1.